The minimum atomic E-state index is -2.13. The van der Waals surface area contributed by atoms with Crippen molar-refractivity contribution in [3.63, 3.8) is 0 Å². The van der Waals surface area contributed by atoms with E-state index < -0.39 is 72.5 Å². The van der Waals surface area contributed by atoms with Gasteiger partial charge in [0.25, 0.3) is 0 Å². The number of nitrogens with one attached hydrogen (secondary N) is 1. The lowest BCUT2D eigenvalue weighted by Crippen LogP contribution is -2.65. The van der Waals surface area contributed by atoms with Crippen molar-refractivity contribution in [2.24, 2.45) is 11.7 Å². The van der Waals surface area contributed by atoms with E-state index in [1.165, 1.54) is 13.8 Å². The molecule has 0 bridgehead atoms. The highest BCUT2D eigenvalue weighted by molar-refractivity contribution is 5.92. The van der Waals surface area contributed by atoms with Crippen molar-refractivity contribution in [1.29, 1.82) is 0 Å². The smallest absolute Gasteiger partial charge is 0.306 e. The van der Waals surface area contributed by atoms with Gasteiger partial charge in [0.15, 0.2) is 11.6 Å². The molecule has 12 nitrogen and oxygen atoms in total. The average Bonchev–Trinajstić information content (AvgIpc) is 2.74. The molecule has 12 heteroatoms. The van der Waals surface area contributed by atoms with Crippen LogP contribution in [0.5, 0.6) is 0 Å². The summed E-state index contributed by atoms with van der Waals surface area (Å²) >= 11 is 0. The number of amides is 1. The number of unbranched alkanes of at least 4 members (excludes halogenated alkanes) is 2. The van der Waals surface area contributed by atoms with E-state index in [-0.39, 0.29) is 19.3 Å². The first kappa shape index (κ1) is 28.4. The van der Waals surface area contributed by atoms with Crippen LogP contribution >= 0.6 is 0 Å². The van der Waals surface area contributed by atoms with Crippen molar-refractivity contribution in [3.05, 3.63) is 0 Å². The van der Waals surface area contributed by atoms with Gasteiger partial charge in [-0.3, -0.25) is 14.4 Å². The van der Waals surface area contributed by atoms with Crippen LogP contribution in [0.3, 0.4) is 0 Å². The topological polar surface area (TPSA) is 220 Å². The van der Waals surface area contributed by atoms with Crippen molar-refractivity contribution < 1.29 is 49.8 Å². The summed E-state index contributed by atoms with van der Waals surface area (Å²) in [5.74, 6) is -5.03. The lowest BCUT2D eigenvalue weighted by atomic mass is 9.89. The molecule has 0 aliphatic carbocycles. The Morgan fingerprint density at radius 3 is 2.28 bits per heavy atom. The zero-order valence-electron chi connectivity index (χ0n) is 18.4. The molecule has 0 aromatic rings. The minimum absolute atomic E-state index is 0.0802. The zero-order chi connectivity index (χ0) is 24.6. The second kappa shape index (κ2) is 12.5. The van der Waals surface area contributed by atoms with E-state index in [4.69, 9.17) is 15.6 Å². The number of Topliss-reactive ketones (excluding diaryl/α,β-unsaturated/α-hetero) is 1. The average molecular weight is 465 g/mol. The number of aliphatic hydroxyl groups is 5. The summed E-state index contributed by atoms with van der Waals surface area (Å²) in [5, 5.41) is 60.6. The van der Waals surface area contributed by atoms with E-state index in [0.717, 1.165) is 0 Å². The van der Waals surface area contributed by atoms with Crippen LogP contribution in [0, 0.1) is 5.92 Å². The number of carboxylic acids is 1. The van der Waals surface area contributed by atoms with Gasteiger partial charge < -0.3 is 46.4 Å². The first-order chi connectivity index (χ1) is 14.8. The van der Waals surface area contributed by atoms with Gasteiger partial charge in [-0.25, -0.2) is 0 Å². The summed E-state index contributed by atoms with van der Waals surface area (Å²) in [5.41, 5.74) is 5.84. The molecule has 1 fully saturated rings. The number of rotatable bonds is 13. The fraction of sp³-hybridized carbons (Fsp3) is 0.850. The number of aliphatic hydroxyl groups excluding tert-OH is 4. The third-order valence-corrected chi connectivity index (χ3v) is 5.71. The lowest BCUT2D eigenvalue weighted by Gasteiger charge is -2.45. The molecule has 1 amide bonds. The summed E-state index contributed by atoms with van der Waals surface area (Å²) in [6, 6.07) is -1.76. The SMILES string of the molecule is C[C@H](CC(=O)[C@H](C)NC(=O)[C@@H](N)CCCCCC1(O)O[C@H](CO)[C@H](O)[C@H](O)[C@H]1O)C(=O)O. The summed E-state index contributed by atoms with van der Waals surface area (Å²) in [6.45, 7) is 2.22. The summed E-state index contributed by atoms with van der Waals surface area (Å²) in [4.78, 5) is 35.0. The minimum Gasteiger partial charge on any atom is -0.481 e. The molecule has 1 aliphatic rings. The molecule has 1 saturated heterocycles. The molecule has 8 atom stereocenters. The van der Waals surface area contributed by atoms with Crippen molar-refractivity contribution in [2.45, 2.75) is 94.7 Å². The number of carboxylic acid groups (broad SMARTS) is 1. The molecule has 1 unspecified atom stereocenters. The Balaban J connectivity index is 2.38. The molecule has 1 heterocycles. The maximum atomic E-state index is 12.1. The quantitative estimate of drug-likeness (QED) is 0.134. The van der Waals surface area contributed by atoms with Gasteiger partial charge in [0.05, 0.1) is 24.6 Å². The molecule has 0 saturated carbocycles. The molecular weight excluding hydrogens is 428 g/mol. The highest BCUT2D eigenvalue weighted by Gasteiger charge is 2.51. The van der Waals surface area contributed by atoms with Gasteiger partial charge in [-0.1, -0.05) is 19.8 Å². The molecule has 32 heavy (non-hydrogen) atoms. The maximum absolute atomic E-state index is 12.1. The monoisotopic (exact) mass is 464 g/mol. The van der Waals surface area contributed by atoms with Gasteiger partial charge in [-0.05, 0) is 19.8 Å². The Hall–Kier alpha value is -1.67. The number of hydrogen-bond donors (Lipinski definition) is 8. The Kier molecular flexibility index (Phi) is 11.1. The number of carbonyl (C=O) groups is 3. The van der Waals surface area contributed by atoms with Gasteiger partial charge in [-0.15, -0.1) is 0 Å². The summed E-state index contributed by atoms with van der Waals surface area (Å²) in [7, 11) is 0. The third-order valence-electron chi connectivity index (χ3n) is 5.71. The lowest BCUT2D eigenvalue weighted by molar-refractivity contribution is -0.351. The number of ether oxygens (including phenoxy) is 1. The molecule has 1 aliphatic heterocycles. The summed E-state index contributed by atoms with van der Waals surface area (Å²) in [6.07, 6.45) is -4.89. The molecule has 0 spiro atoms. The number of aliphatic carboxylic acids is 1. The van der Waals surface area contributed by atoms with Gasteiger partial charge in [0, 0.05) is 12.8 Å². The Bertz CT molecular complexity index is 646. The van der Waals surface area contributed by atoms with Crippen LogP contribution in [0.2, 0.25) is 0 Å². The first-order valence-electron chi connectivity index (χ1n) is 10.7. The van der Waals surface area contributed by atoms with Crippen molar-refractivity contribution in [1.82, 2.24) is 5.32 Å². The fourth-order valence-electron chi connectivity index (χ4n) is 3.44. The van der Waals surface area contributed by atoms with Crippen LogP contribution < -0.4 is 11.1 Å². The van der Waals surface area contributed by atoms with Crippen LogP contribution in [0.25, 0.3) is 0 Å². The predicted octanol–water partition coefficient (Wildman–Crippen LogP) is -2.39. The van der Waals surface area contributed by atoms with Crippen LogP contribution in [0.15, 0.2) is 0 Å². The Morgan fingerprint density at radius 2 is 1.72 bits per heavy atom. The van der Waals surface area contributed by atoms with Crippen molar-refractivity contribution in [2.75, 3.05) is 6.61 Å². The summed E-state index contributed by atoms with van der Waals surface area (Å²) < 4.78 is 5.18. The second-order valence-electron chi connectivity index (χ2n) is 8.46. The zero-order valence-corrected chi connectivity index (χ0v) is 18.4. The van der Waals surface area contributed by atoms with Crippen molar-refractivity contribution in [3.8, 4) is 0 Å². The number of nitrogens with two attached hydrogens (primary N) is 1. The van der Waals surface area contributed by atoms with Crippen LogP contribution in [0.1, 0.15) is 52.4 Å². The Morgan fingerprint density at radius 1 is 1.09 bits per heavy atom. The second-order valence-corrected chi connectivity index (χ2v) is 8.46. The highest BCUT2D eigenvalue weighted by atomic mass is 16.7. The van der Waals surface area contributed by atoms with E-state index in [9.17, 15) is 39.9 Å². The van der Waals surface area contributed by atoms with E-state index in [1.807, 2.05) is 0 Å². The van der Waals surface area contributed by atoms with Gasteiger partial charge in [0.2, 0.25) is 5.91 Å². The standard InChI is InChI=1S/C20H36N2O10/c1-10(19(29)30)8-13(24)11(2)22-18(28)12(21)6-4-3-5-7-20(31)17(27)16(26)15(25)14(9-23)32-20/h10-12,14-17,23,25-27,31H,3-9,21H2,1-2H3,(H,22,28)(H,29,30)/t10-,11+,12+,14-,15+,16+,17-,20?/m1/s1. The molecule has 0 aromatic heterocycles. The van der Waals surface area contributed by atoms with E-state index in [0.29, 0.717) is 19.3 Å². The molecule has 1 rings (SSSR count). The molecule has 0 aromatic carbocycles. The van der Waals surface area contributed by atoms with Crippen LogP contribution in [-0.2, 0) is 19.1 Å². The predicted molar refractivity (Wildman–Crippen MR) is 110 cm³/mol. The van der Waals surface area contributed by atoms with E-state index in [1.54, 1.807) is 0 Å². The van der Waals surface area contributed by atoms with Gasteiger partial charge in [-0.2, -0.15) is 0 Å². The van der Waals surface area contributed by atoms with Gasteiger partial charge >= 0.3 is 5.97 Å². The van der Waals surface area contributed by atoms with Crippen LogP contribution in [0.4, 0.5) is 0 Å². The van der Waals surface area contributed by atoms with Crippen LogP contribution in [-0.4, -0.2) is 97.2 Å². The largest absolute Gasteiger partial charge is 0.481 e. The normalized spacial score (nSPS) is 30.9. The fourth-order valence-corrected chi connectivity index (χ4v) is 3.44. The maximum Gasteiger partial charge on any atom is 0.306 e. The molecular formula is C20H36N2O10. The molecule has 0 radical (unpaired) electrons. The highest BCUT2D eigenvalue weighted by Crippen LogP contribution is 2.32. The first-order valence-corrected chi connectivity index (χ1v) is 10.7. The number of carbonyl (C=O) groups excluding carboxylic acids is 2. The molecule has 9 N–H and O–H groups in total. The van der Waals surface area contributed by atoms with Gasteiger partial charge in [0.1, 0.15) is 24.4 Å². The number of hydrogen-bond acceptors (Lipinski definition) is 10. The Labute approximate surface area is 186 Å². The van der Waals surface area contributed by atoms with E-state index >= 15 is 0 Å². The van der Waals surface area contributed by atoms with E-state index in [2.05, 4.69) is 5.32 Å². The third kappa shape index (κ3) is 7.73. The van der Waals surface area contributed by atoms with Crippen molar-refractivity contribution >= 4 is 17.7 Å². The molecule has 186 valence electrons. The number of ketones is 1.